The third-order valence-corrected chi connectivity index (χ3v) is 3.56. The molecule has 2 aromatic rings. The van der Waals surface area contributed by atoms with Crippen LogP contribution in [0.3, 0.4) is 0 Å². The number of amides is 1. The van der Waals surface area contributed by atoms with Crippen LogP contribution < -0.4 is 5.32 Å². The van der Waals surface area contributed by atoms with Crippen molar-refractivity contribution in [1.82, 2.24) is 25.1 Å². The molecule has 0 spiro atoms. The predicted molar refractivity (Wildman–Crippen MR) is 77.0 cm³/mol. The number of nitrogens with one attached hydrogen (secondary N) is 1. The normalized spacial score (nSPS) is 11.4. The summed E-state index contributed by atoms with van der Waals surface area (Å²) in [5.41, 5.74) is -0.401. The molecule has 2 rings (SSSR count). The Bertz CT molecular complexity index is 593. The number of aromatic nitrogens is 4. The van der Waals surface area contributed by atoms with Crippen LogP contribution in [0, 0.1) is 0 Å². The molecule has 2 heterocycles. The van der Waals surface area contributed by atoms with Gasteiger partial charge in [0.05, 0.1) is 5.60 Å². The smallest absolute Gasteiger partial charge is 0.251 e. The van der Waals surface area contributed by atoms with E-state index < -0.39 is 5.60 Å². The van der Waals surface area contributed by atoms with Gasteiger partial charge in [0.25, 0.3) is 5.91 Å². The summed E-state index contributed by atoms with van der Waals surface area (Å²) in [6.07, 6.45) is 5.63. The molecule has 21 heavy (non-hydrogen) atoms. The largest absolute Gasteiger partial charge is 0.388 e. The molecular formula is C14H19N5O2. The Morgan fingerprint density at radius 3 is 2.81 bits per heavy atom. The fourth-order valence-corrected chi connectivity index (χ4v) is 1.86. The Balaban J connectivity index is 2.08. The summed E-state index contributed by atoms with van der Waals surface area (Å²) in [5, 5.41) is 16.9. The van der Waals surface area contributed by atoms with Gasteiger partial charge in [0.1, 0.15) is 12.7 Å². The van der Waals surface area contributed by atoms with Gasteiger partial charge >= 0.3 is 0 Å². The monoisotopic (exact) mass is 289 g/mol. The molecule has 0 fully saturated rings. The van der Waals surface area contributed by atoms with Gasteiger partial charge in [-0.1, -0.05) is 13.8 Å². The molecule has 2 aromatic heterocycles. The summed E-state index contributed by atoms with van der Waals surface area (Å²) in [4.78, 5) is 20.1. The fraction of sp³-hybridized carbons (Fsp3) is 0.429. The summed E-state index contributed by atoms with van der Waals surface area (Å²) in [6.45, 7) is 4.01. The van der Waals surface area contributed by atoms with E-state index in [9.17, 15) is 9.90 Å². The van der Waals surface area contributed by atoms with E-state index in [-0.39, 0.29) is 12.5 Å². The second-order valence-corrected chi connectivity index (χ2v) is 4.86. The maximum Gasteiger partial charge on any atom is 0.251 e. The van der Waals surface area contributed by atoms with E-state index in [0.29, 0.717) is 24.2 Å². The standard InChI is InChI=1S/C14H19N5O2/c1-3-14(21,4-2)8-17-13(20)11-5-6-16-12(7-11)19-10-15-9-18-19/h5-7,9-10,21H,3-4,8H2,1-2H3,(H,17,20). The zero-order chi connectivity index (χ0) is 15.3. The van der Waals surface area contributed by atoms with Crippen molar-refractivity contribution in [2.75, 3.05) is 6.54 Å². The average Bonchev–Trinajstić information content (AvgIpc) is 3.07. The van der Waals surface area contributed by atoms with Crippen molar-refractivity contribution in [3.63, 3.8) is 0 Å². The van der Waals surface area contributed by atoms with Crippen LogP contribution in [-0.4, -0.2) is 42.9 Å². The van der Waals surface area contributed by atoms with Crippen molar-refractivity contribution in [2.24, 2.45) is 0 Å². The minimum absolute atomic E-state index is 0.222. The zero-order valence-corrected chi connectivity index (χ0v) is 12.2. The summed E-state index contributed by atoms with van der Waals surface area (Å²) >= 11 is 0. The maximum atomic E-state index is 12.1. The van der Waals surface area contributed by atoms with Crippen molar-refractivity contribution < 1.29 is 9.90 Å². The quantitative estimate of drug-likeness (QED) is 0.825. The van der Waals surface area contributed by atoms with Crippen LogP contribution in [0.4, 0.5) is 0 Å². The first-order valence-electron chi connectivity index (χ1n) is 6.89. The molecule has 0 atom stereocenters. The number of pyridine rings is 1. The van der Waals surface area contributed by atoms with E-state index in [1.165, 1.54) is 23.5 Å². The fourth-order valence-electron chi connectivity index (χ4n) is 1.86. The highest BCUT2D eigenvalue weighted by Gasteiger charge is 2.23. The predicted octanol–water partition coefficient (Wildman–Crippen LogP) is 0.943. The lowest BCUT2D eigenvalue weighted by molar-refractivity contribution is 0.0314. The molecule has 1 amide bonds. The summed E-state index contributed by atoms with van der Waals surface area (Å²) in [5.74, 6) is 0.264. The van der Waals surface area contributed by atoms with Crippen LogP contribution in [0.2, 0.25) is 0 Å². The molecule has 0 saturated carbocycles. The minimum Gasteiger partial charge on any atom is -0.388 e. The molecule has 7 heteroatoms. The lowest BCUT2D eigenvalue weighted by Gasteiger charge is -2.25. The number of aliphatic hydroxyl groups is 1. The molecule has 0 aliphatic carbocycles. The van der Waals surface area contributed by atoms with Crippen molar-refractivity contribution in [3.05, 3.63) is 36.5 Å². The van der Waals surface area contributed by atoms with Crippen molar-refractivity contribution in [3.8, 4) is 5.82 Å². The van der Waals surface area contributed by atoms with Crippen LogP contribution >= 0.6 is 0 Å². The Hall–Kier alpha value is -2.28. The molecular weight excluding hydrogens is 270 g/mol. The first-order valence-corrected chi connectivity index (χ1v) is 6.89. The molecule has 0 radical (unpaired) electrons. The summed E-state index contributed by atoms with van der Waals surface area (Å²) < 4.78 is 1.48. The third-order valence-electron chi connectivity index (χ3n) is 3.56. The van der Waals surface area contributed by atoms with Crippen molar-refractivity contribution in [2.45, 2.75) is 32.3 Å². The van der Waals surface area contributed by atoms with E-state index in [4.69, 9.17) is 0 Å². The van der Waals surface area contributed by atoms with Crippen LogP contribution in [0.15, 0.2) is 31.0 Å². The second kappa shape index (κ2) is 6.45. The van der Waals surface area contributed by atoms with Gasteiger partial charge in [-0.2, -0.15) is 5.10 Å². The number of hydrogen-bond donors (Lipinski definition) is 2. The number of rotatable bonds is 6. The molecule has 0 aliphatic heterocycles. The lowest BCUT2D eigenvalue weighted by atomic mass is 9.97. The van der Waals surface area contributed by atoms with Crippen LogP contribution in [0.1, 0.15) is 37.0 Å². The lowest BCUT2D eigenvalue weighted by Crippen LogP contribution is -2.42. The van der Waals surface area contributed by atoms with Crippen molar-refractivity contribution in [1.29, 1.82) is 0 Å². The highest BCUT2D eigenvalue weighted by Crippen LogP contribution is 2.13. The van der Waals surface area contributed by atoms with E-state index in [1.54, 1.807) is 12.1 Å². The number of carbonyl (C=O) groups excluding carboxylic acids is 1. The van der Waals surface area contributed by atoms with Crippen LogP contribution in [0.5, 0.6) is 0 Å². The Kier molecular flexibility index (Phi) is 4.64. The van der Waals surface area contributed by atoms with E-state index in [0.717, 1.165) is 0 Å². The van der Waals surface area contributed by atoms with Crippen molar-refractivity contribution >= 4 is 5.91 Å². The Labute approximate surface area is 123 Å². The molecule has 0 aromatic carbocycles. The number of hydrogen-bond acceptors (Lipinski definition) is 5. The third kappa shape index (κ3) is 3.63. The van der Waals surface area contributed by atoms with Gasteiger partial charge in [0.2, 0.25) is 0 Å². The summed E-state index contributed by atoms with van der Waals surface area (Å²) in [6, 6.07) is 3.24. The molecule has 7 nitrogen and oxygen atoms in total. The van der Waals surface area contributed by atoms with Gasteiger partial charge in [-0.15, -0.1) is 0 Å². The second-order valence-electron chi connectivity index (χ2n) is 4.86. The van der Waals surface area contributed by atoms with Gasteiger partial charge in [0, 0.05) is 18.3 Å². The number of nitrogens with zero attached hydrogens (tertiary/aromatic N) is 4. The van der Waals surface area contributed by atoms with E-state index in [2.05, 4.69) is 20.4 Å². The van der Waals surface area contributed by atoms with Gasteiger partial charge in [-0.3, -0.25) is 4.79 Å². The maximum absolute atomic E-state index is 12.1. The molecule has 0 unspecified atom stereocenters. The molecule has 0 saturated heterocycles. The van der Waals surface area contributed by atoms with Crippen LogP contribution in [-0.2, 0) is 0 Å². The molecule has 2 N–H and O–H groups in total. The first kappa shape index (κ1) is 15.1. The topological polar surface area (TPSA) is 92.9 Å². The molecule has 112 valence electrons. The van der Waals surface area contributed by atoms with Gasteiger partial charge in [-0.05, 0) is 25.0 Å². The highest BCUT2D eigenvalue weighted by atomic mass is 16.3. The number of carbonyl (C=O) groups is 1. The zero-order valence-electron chi connectivity index (χ0n) is 12.2. The molecule has 0 aliphatic rings. The Morgan fingerprint density at radius 1 is 1.43 bits per heavy atom. The first-order chi connectivity index (χ1) is 10.1. The van der Waals surface area contributed by atoms with Gasteiger partial charge in [-0.25, -0.2) is 14.6 Å². The summed E-state index contributed by atoms with van der Waals surface area (Å²) in [7, 11) is 0. The average molecular weight is 289 g/mol. The van der Waals surface area contributed by atoms with E-state index in [1.807, 2.05) is 13.8 Å². The Morgan fingerprint density at radius 2 is 2.19 bits per heavy atom. The SMILES string of the molecule is CCC(O)(CC)CNC(=O)c1ccnc(-n2cncn2)c1. The minimum atomic E-state index is -0.864. The van der Waals surface area contributed by atoms with Gasteiger partial charge in [0.15, 0.2) is 5.82 Å². The molecule has 0 bridgehead atoms. The van der Waals surface area contributed by atoms with Crippen LogP contribution in [0.25, 0.3) is 5.82 Å². The van der Waals surface area contributed by atoms with E-state index >= 15 is 0 Å². The highest BCUT2D eigenvalue weighted by molar-refractivity contribution is 5.94. The van der Waals surface area contributed by atoms with Gasteiger partial charge < -0.3 is 10.4 Å².